The van der Waals surface area contributed by atoms with Crippen LogP contribution in [0.5, 0.6) is 0 Å². The first-order valence-electron chi connectivity index (χ1n) is 8.49. The summed E-state index contributed by atoms with van der Waals surface area (Å²) in [6.07, 6.45) is 1.89. The molecule has 2 aromatic rings. The number of nitrogens with zero attached hydrogens (tertiary/aromatic N) is 3. The monoisotopic (exact) mass is 329 g/mol. The van der Waals surface area contributed by atoms with E-state index in [4.69, 9.17) is 9.15 Å². The van der Waals surface area contributed by atoms with Crippen molar-refractivity contribution >= 4 is 5.91 Å². The summed E-state index contributed by atoms with van der Waals surface area (Å²) in [6, 6.07) is 9.63. The second kappa shape index (κ2) is 8.06. The number of carbonyl (C=O) groups excluding carboxylic acids is 1. The number of carbonyl (C=O) groups is 1. The van der Waals surface area contributed by atoms with Gasteiger partial charge in [0.15, 0.2) is 0 Å². The molecule has 24 heavy (non-hydrogen) atoms. The molecule has 0 aliphatic carbocycles. The number of aryl methyl sites for hydroxylation is 1. The summed E-state index contributed by atoms with van der Waals surface area (Å²) in [4.78, 5) is 14.3. The number of hydrogen-bond donors (Lipinski definition) is 0. The van der Waals surface area contributed by atoms with Gasteiger partial charge in [-0.15, -0.1) is 10.2 Å². The molecule has 0 unspecified atom stereocenters. The number of amides is 1. The number of hydrogen-bond acceptors (Lipinski definition) is 5. The third-order valence-electron chi connectivity index (χ3n) is 4.28. The standard InChI is InChI=1S/C18H23N3O3/c1-2-21(12-14-10-11-23-13-14)17(22)9-8-16-19-20-18(24-16)15-6-4-3-5-7-15/h3-7,14H,2,8-13H2,1H3/t14-/m1/s1. The summed E-state index contributed by atoms with van der Waals surface area (Å²) >= 11 is 0. The summed E-state index contributed by atoms with van der Waals surface area (Å²) < 4.78 is 11.0. The molecule has 0 saturated carbocycles. The van der Waals surface area contributed by atoms with E-state index in [-0.39, 0.29) is 5.91 Å². The van der Waals surface area contributed by atoms with Crippen molar-refractivity contribution in [2.24, 2.45) is 5.92 Å². The van der Waals surface area contributed by atoms with Gasteiger partial charge < -0.3 is 14.1 Å². The molecule has 0 N–H and O–H groups in total. The number of aromatic nitrogens is 2. The lowest BCUT2D eigenvalue weighted by molar-refractivity contribution is -0.131. The Balaban J connectivity index is 1.53. The molecule has 1 aromatic heterocycles. The van der Waals surface area contributed by atoms with E-state index in [1.54, 1.807) is 0 Å². The molecule has 128 valence electrons. The molecule has 6 heteroatoms. The van der Waals surface area contributed by atoms with Crippen LogP contribution in [0.25, 0.3) is 11.5 Å². The predicted molar refractivity (Wildman–Crippen MR) is 89.2 cm³/mol. The molecule has 1 saturated heterocycles. The van der Waals surface area contributed by atoms with E-state index in [1.165, 1.54) is 0 Å². The molecule has 3 rings (SSSR count). The molecule has 1 amide bonds. The maximum atomic E-state index is 12.4. The summed E-state index contributed by atoms with van der Waals surface area (Å²) in [6.45, 7) is 5.06. The lowest BCUT2D eigenvalue weighted by Gasteiger charge is -2.23. The summed E-state index contributed by atoms with van der Waals surface area (Å²) in [7, 11) is 0. The minimum Gasteiger partial charge on any atom is -0.421 e. The highest BCUT2D eigenvalue weighted by atomic mass is 16.5. The van der Waals surface area contributed by atoms with E-state index in [9.17, 15) is 4.79 Å². The number of ether oxygens (including phenoxy) is 1. The van der Waals surface area contributed by atoms with Crippen LogP contribution in [0.3, 0.4) is 0 Å². The molecule has 1 atom stereocenters. The van der Waals surface area contributed by atoms with Crippen molar-refractivity contribution in [3.63, 3.8) is 0 Å². The van der Waals surface area contributed by atoms with Crippen LogP contribution in [0.2, 0.25) is 0 Å². The Bertz CT molecular complexity index is 651. The van der Waals surface area contributed by atoms with Crippen LogP contribution in [-0.2, 0) is 16.0 Å². The maximum Gasteiger partial charge on any atom is 0.247 e. The zero-order valence-corrected chi connectivity index (χ0v) is 14.0. The first kappa shape index (κ1) is 16.6. The average molecular weight is 329 g/mol. The van der Waals surface area contributed by atoms with E-state index in [0.717, 1.165) is 31.7 Å². The van der Waals surface area contributed by atoms with Crippen molar-refractivity contribution in [1.82, 2.24) is 15.1 Å². The van der Waals surface area contributed by atoms with Crippen LogP contribution in [0, 0.1) is 5.92 Å². The Morgan fingerprint density at radius 3 is 2.83 bits per heavy atom. The quantitative estimate of drug-likeness (QED) is 0.781. The first-order valence-corrected chi connectivity index (χ1v) is 8.49. The van der Waals surface area contributed by atoms with E-state index in [1.807, 2.05) is 42.2 Å². The molecule has 1 aromatic carbocycles. The van der Waals surface area contributed by atoms with E-state index in [0.29, 0.717) is 37.1 Å². The molecular formula is C18H23N3O3. The molecule has 6 nitrogen and oxygen atoms in total. The topological polar surface area (TPSA) is 68.5 Å². The van der Waals surface area contributed by atoms with Crippen molar-refractivity contribution in [2.45, 2.75) is 26.2 Å². The first-order chi connectivity index (χ1) is 11.8. The van der Waals surface area contributed by atoms with Gasteiger partial charge in [-0.3, -0.25) is 4.79 Å². The fourth-order valence-electron chi connectivity index (χ4n) is 2.87. The van der Waals surface area contributed by atoms with Crippen LogP contribution < -0.4 is 0 Å². The molecule has 0 radical (unpaired) electrons. The Labute approximate surface area is 141 Å². The van der Waals surface area contributed by atoms with Crippen molar-refractivity contribution in [2.75, 3.05) is 26.3 Å². The summed E-state index contributed by atoms with van der Waals surface area (Å²) in [5.41, 5.74) is 0.888. The third-order valence-corrected chi connectivity index (χ3v) is 4.28. The lowest BCUT2D eigenvalue weighted by Crippen LogP contribution is -2.35. The van der Waals surface area contributed by atoms with E-state index >= 15 is 0 Å². The summed E-state index contributed by atoms with van der Waals surface area (Å²) in [5.74, 6) is 1.59. The second-order valence-electron chi connectivity index (χ2n) is 6.03. The predicted octanol–water partition coefficient (Wildman–Crippen LogP) is 2.55. The van der Waals surface area contributed by atoms with Gasteiger partial charge in [0.2, 0.25) is 17.7 Å². The van der Waals surface area contributed by atoms with Gasteiger partial charge in [0.25, 0.3) is 0 Å². The zero-order valence-electron chi connectivity index (χ0n) is 14.0. The van der Waals surface area contributed by atoms with Crippen molar-refractivity contribution in [3.05, 3.63) is 36.2 Å². The van der Waals surface area contributed by atoms with Gasteiger partial charge in [0.1, 0.15) is 0 Å². The van der Waals surface area contributed by atoms with Crippen molar-refractivity contribution in [1.29, 1.82) is 0 Å². The Morgan fingerprint density at radius 1 is 1.29 bits per heavy atom. The highest BCUT2D eigenvalue weighted by Crippen LogP contribution is 2.18. The molecule has 1 aliphatic rings. The van der Waals surface area contributed by atoms with Gasteiger partial charge in [-0.05, 0) is 25.5 Å². The van der Waals surface area contributed by atoms with Gasteiger partial charge in [-0.1, -0.05) is 18.2 Å². The lowest BCUT2D eigenvalue weighted by atomic mass is 10.1. The van der Waals surface area contributed by atoms with Crippen LogP contribution in [0.4, 0.5) is 0 Å². The van der Waals surface area contributed by atoms with Gasteiger partial charge in [0.05, 0.1) is 6.61 Å². The van der Waals surface area contributed by atoms with Gasteiger partial charge in [-0.25, -0.2) is 0 Å². The van der Waals surface area contributed by atoms with Gasteiger partial charge in [-0.2, -0.15) is 0 Å². The molecule has 1 aliphatic heterocycles. The molecule has 1 fully saturated rings. The van der Waals surface area contributed by atoms with Crippen molar-refractivity contribution < 1.29 is 13.9 Å². The largest absolute Gasteiger partial charge is 0.421 e. The van der Waals surface area contributed by atoms with Crippen LogP contribution >= 0.6 is 0 Å². The average Bonchev–Trinajstić information content (AvgIpc) is 3.30. The highest BCUT2D eigenvalue weighted by Gasteiger charge is 2.21. The Morgan fingerprint density at radius 2 is 2.12 bits per heavy atom. The molecule has 0 spiro atoms. The maximum absolute atomic E-state index is 12.4. The van der Waals surface area contributed by atoms with E-state index in [2.05, 4.69) is 10.2 Å². The van der Waals surface area contributed by atoms with Crippen LogP contribution in [0.1, 0.15) is 25.7 Å². The van der Waals surface area contributed by atoms with Gasteiger partial charge >= 0.3 is 0 Å². The van der Waals surface area contributed by atoms with Crippen LogP contribution in [0.15, 0.2) is 34.7 Å². The number of benzene rings is 1. The van der Waals surface area contributed by atoms with Gasteiger partial charge in [0, 0.05) is 44.0 Å². The van der Waals surface area contributed by atoms with E-state index < -0.39 is 0 Å². The van der Waals surface area contributed by atoms with Crippen molar-refractivity contribution in [3.8, 4) is 11.5 Å². The fourth-order valence-corrected chi connectivity index (χ4v) is 2.87. The zero-order chi connectivity index (χ0) is 16.8. The Hall–Kier alpha value is -2.21. The smallest absolute Gasteiger partial charge is 0.247 e. The Kier molecular flexibility index (Phi) is 5.59. The third kappa shape index (κ3) is 4.20. The molecular weight excluding hydrogens is 306 g/mol. The highest BCUT2D eigenvalue weighted by molar-refractivity contribution is 5.76. The molecule has 0 bridgehead atoms. The second-order valence-corrected chi connectivity index (χ2v) is 6.03. The minimum atomic E-state index is 0.129. The SMILES string of the molecule is CCN(C[C@H]1CCOC1)C(=O)CCc1nnc(-c2ccccc2)o1. The molecule has 2 heterocycles. The fraction of sp³-hybridized carbons (Fsp3) is 0.500. The summed E-state index contributed by atoms with van der Waals surface area (Å²) in [5, 5.41) is 8.10. The normalized spacial score (nSPS) is 17.1. The van der Waals surface area contributed by atoms with Crippen LogP contribution in [-0.4, -0.2) is 47.3 Å². The number of rotatable bonds is 7. The minimum absolute atomic E-state index is 0.129.